The van der Waals surface area contributed by atoms with Crippen molar-refractivity contribution >= 4 is 21.9 Å². The van der Waals surface area contributed by atoms with Gasteiger partial charge in [-0.25, -0.2) is 4.98 Å². The molecule has 0 bridgehead atoms. The molecule has 88 valence electrons. The summed E-state index contributed by atoms with van der Waals surface area (Å²) < 4.78 is 2.77. The van der Waals surface area contributed by atoms with Crippen molar-refractivity contribution < 1.29 is 9.90 Å². The molecule has 0 aliphatic rings. The van der Waals surface area contributed by atoms with Crippen LogP contribution in [0.3, 0.4) is 0 Å². The van der Waals surface area contributed by atoms with Crippen molar-refractivity contribution in [3.05, 3.63) is 40.6 Å². The summed E-state index contributed by atoms with van der Waals surface area (Å²) in [6.07, 6.45) is 1.59. The maximum Gasteiger partial charge on any atom is 0.309 e. The summed E-state index contributed by atoms with van der Waals surface area (Å²) in [4.78, 5) is 14.9. The van der Waals surface area contributed by atoms with Crippen molar-refractivity contribution in [1.82, 2.24) is 9.55 Å². The van der Waals surface area contributed by atoms with Gasteiger partial charge >= 0.3 is 5.97 Å². The third kappa shape index (κ3) is 2.55. The number of carboxylic acid groups (broad SMARTS) is 1. The van der Waals surface area contributed by atoms with Crippen LogP contribution >= 0.6 is 15.9 Å². The summed E-state index contributed by atoms with van der Waals surface area (Å²) in [7, 11) is 1.82. The summed E-state index contributed by atoms with van der Waals surface area (Å²) in [6, 6.07) is 7.75. The lowest BCUT2D eigenvalue weighted by molar-refractivity contribution is -0.136. The fourth-order valence-corrected chi connectivity index (χ4v) is 2.06. The molecule has 17 heavy (non-hydrogen) atoms. The van der Waals surface area contributed by atoms with Crippen molar-refractivity contribution in [2.24, 2.45) is 7.05 Å². The predicted molar refractivity (Wildman–Crippen MR) is 67.7 cm³/mol. The Labute approximate surface area is 107 Å². The van der Waals surface area contributed by atoms with Gasteiger partial charge in [-0.05, 0) is 12.1 Å². The number of hydrogen-bond donors (Lipinski definition) is 1. The average molecular weight is 295 g/mol. The Balaban J connectivity index is 2.40. The molecule has 0 radical (unpaired) electrons. The van der Waals surface area contributed by atoms with Crippen molar-refractivity contribution in [3.63, 3.8) is 0 Å². The fraction of sp³-hybridized carbons (Fsp3) is 0.167. The predicted octanol–water partition coefficient (Wildman–Crippen LogP) is 2.48. The molecule has 1 aromatic carbocycles. The number of hydrogen-bond acceptors (Lipinski definition) is 2. The molecule has 0 aliphatic carbocycles. The highest BCUT2D eigenvalue weighted by molar-refractivity contribution is 9.10. The van der Waals surface area contributed by atoms with Gasteiger partial charge in [-0.15, -0.1) is 0 Å². The molecule has 0 unspecified atom stereocenters. The molecule has 2 rings (SSSR count). The molecule has 1 heterocycles. The van der Waals surface area contributed by atoms with Gasteiger partial charge in [-0.1, -0.05) is 28.1 Å². The molecule has 4 nitrogen and oxygen atoms in total. The summed E-state index contributed by atoms with van der Waals surface area (Å²) >= 11 is 3.40. The average Bonchev–Trinajstić information content (AvgIpc) is 2.60. The van der Waals surface area contributed by atoms with E-state index in [1.165, 1.54) is 0 Å². The van der Waals surface area contributed by atoms with E-state index in [1.807, 2.05) is 31.3 Å². The number of nitrogens with zero attached hydrogens (tertiary/aromatic N) is 2. The Kier molecular flexibility index (Phi) is 3.28. The molecule has 0 spiro atoms. The number of aliphatic carboxylic acids is 1. The molecule has 0 aliphatic heterocycles. The third-order valence-corrected chi connectivity index (χ3v) is 2.99. The summed E-state index contributed by atoms with van der Waals surface area (Å²) in [5.74, 6) is -0.0867. The first kappa shape index (κ1) is 11.9. The number of imidazole rings is 1. The van der Waals surface area contributed by atoms with Gasteiger partial charge in [0.05, 0.1) is 6.42 Å². The second-order valence-corrected chi connectivity index (χ2v) is 4.63. The first-order chi connectivity index (χ1) is 8.08. The number of halogens is 1. The lowest BCUT2D eigenvalue weighted by Crippen LogP contribution is -2.05. The first-order valence-electron chi connectivity index (χ1n) is 5.06. The Morgan fingerprint density at radius 3 is 2.94 bits per heavy atom. The number of carboxylic acids is 1. The Bertz CT molecular complexity index is 563. The minimum Gasteiger partial charge on any atom is -0.481 e. The van der Waals surface area contributed by atoms with E-state index in [0.717, 1.165) is 15.9 Å². The molecular weight excluding hydrogens is 284 g/mol. The van der Waals surface area contributed by atoms with Crippen LogP contribution < -0.4 is 0 Å². The smallest absolute Gasteiger partial charge is 0.309 e. The van der Waals surface area contributed by atoms with Gasteiger partial charge in [0.15, 0.2) is 0 Å². The highest BCUT2D eigenvalue weighted by atomic mass is 79.9. The van der Waals surface area contributed by atoms with Crippen LogP contribution in [-0.4, -0.2) is 20.6 Å². The second kappa shape index (κ2) is 4.71. The number of aromatic nitrogens is 2. The Morgan fingerprint density at radius 1 is 1.53 bits per heavy atom. The van der Waals surface area contributed by atoms with Gasteiger partial charge in [0.1, 0.15) is 5.82 Å². The van der Waals surface area contributed by atoms with Crippen LogP contribution in [0.4, 0.5) is 0 Å². The van der Waals surface area contributed by atoms with Crippen LogP contribution in [0, 0.1) is 0 Å². The van der Waals surface area contributed by atoms with Crippen LogP contribution in [0.5, 0.6) is 0 Å². The van der Waals surface area contributed by atoms with Crippen LogP contribution in [0.1, 0.15) is 5.69 Å². The van der Waals surface area contributed by atoms with E-state index in [2.05, 4.69) is 20.9 Å². The highest BCUT2D eigenvalue weighted by Crippen LogP contribution is 2.22. The van der Waals surface area contributed by atoms with Gasteiger partial charge in [0, 0.05) is 29.0 Å². The third-order valence-electron chi connectivity index (χ3n) is 2.50. The van der Waals surface area contributed by atoms with Crippen molar-refractivity contribution in [2.45, 2.75) is 6.42 Å². The van der Waals surface area contributed by atoms with Crippen LogP contribution in [0.25, 0.3) is 11.4 Å². The van der Waals surface area contributed by atoms with E-state index in [1.54, 1.807) is 10.8 Å². The normalized spacial score (nSPS) is 10.5. The van der Waals surface area contributed by atoms with Gasteiger partial charge < -0.3 is 9.67 Å². The molecule has 0 amide bonds. The molecule has 1 N–H and O–H groups in total. The van der Waals surface area contributed by atoms with E-state index in [4.69, 9.17) is 5.11 Å². The Hall–Kier alpha value is -1.62. The van der Waals surface area contributed by atoms with Crippen LogP contribution in [0.15, 0.2) is 34.9 Å². The fourth-order valence-electron chi connectivity index (χ4n) is 1.66. The van der Waals surface area contributed by atoms with Crippen LogP contribution in [0.2, 0.25) is 0 Å². The number of carbonyl (C=O) groups is 1. The maximum atomic E-state index is 10.7. The summed E-state index contributed by atoms with van der Waals surface area (Å²) in [5.41, 5.74) is 1.64. The molecule has 2 aromatic rings. The van der Waals surface area contributed by atoms with Crippen LogP contribution in [-0.2, 0) is 18.3 Å². The van der Waals surface area contributed by atoms with Crippen molar-refractivity contribution in [2.75, 3.05) is 0 Å². The highest BCUT2D eigenvalue weighted by Gasteiger charge is 2.11. The van der Waals surface area contributed by atoms with E-state index in [0.29, 0.717) is 5.69 Å². The SMILES string of the molecule is Cn1c(CC(=O)O)cnc1-c1cccc(Br)c1. The maximum absolute atomic E-state index is 10.7. The molecule has 0 fully saturated rings. The summed E-state index contributed by atoms with van der Waals surface area (Å²) in [5, 5.41) is 8.77. The number of rotatable bonds is 3. The zero-order valence-corrected chi connectivity index (χ0v) is 10.8. The minimum absolute atomic E-state index is 0.0164. The van der Waals surface area contributed by atoms with Crippen molar-refractivity contribution in [1.29, 1.82) is 0 Å². The van der Waals surface area contributed by atoms with Gasteiger partial charge in [0.25, 0.3) is 0 Å². The first-order valence-corrected chi connectivity index (χ1v) is 5.85. The largest absolute Gasteiger partial charge is 0.481 e. The van der Waals surface area contributed by atoms with E-state index < -0.39 is 5.97 Å². The van der Waals surface area contributed by atoms with Crippen molar-refractivity contribution in [3.8, 4) is 11.4 Å². The number of benzene rings is 1. The standard InChI is InChI=1S/C12H11BrN2O2/c1-15-10(6-11(16)17)7-14-12(15)8-3-2-4-9(13)5-8/h2-5,7H,6H2,1H3,(H,16,17). The second-order valence-electron chi connectivity index (χ2n) is 3.71. The van der Waals surface area contributed by atoms with Gasteiger partial charge in [0.2, 0.25) is 0 Å². The van der Waals surface area contributed by atoms with Gasteiger partial charge in [-0.3, -0.25) is 4.79 Å². The Morgan fingerprint density at radius 2 is 2.29 bits per heavy atom. The molecule has 0 atom stereocenters. The topological polar surface area (TPSA) is 55.1 Å². The van der Waals surface area contributed by atoms with E-state index in [9.17, 15) is 4.79 Å². The van der Waals surface area contributed by atoms with E-state index in [-0.39, 0.29) is 6.42 Å². The molecule has 0 saturated carbocycles. The summed E-state index contributed by atoms with van der Waals surface area (Å²) in [6.45, 7) is 0. The minimum atomic E-state index is -0.853. The quantitative estimate of drug-likeness (QED) is 0.946. The lowest BCUT2D eigenvalue weighted by atomic mass is 10.2. The molecule has 5 heteroatoms. The lowest BCUT2D eigenvalue weighted by Gasteiger charge is -2.04. The monoisotopic (exact) mass is 294 g/mol. The molecular formula is C12H11BrN2O2. The zero-order valence-electron chi connectivity index (χ0n) is 9.22. The molecule has 0 saturated heterocycles. The zero-order chi connectivity index (χ0) is 12.4. The van der Waals surface area contributed by atoms with Gasteiger partial charge in [-0.2, -0.15) is 0 Å². The van der Waals surface area contributed by atoms with E-state index >= 15 is 0 Å². The molecule has 1 aromatic heterocycles.